The summed E-state index contributed by atoms with van der Waals surface area (Å²) in [6.45, 7) is 4.52. The SMILES string of the molecule is CCCOCCOC(CNC1CC1)c1ccccc1F. The van der Waals surface area contributed by atoms with E-state index in [1.165, 1.54) is 18.9 Å². The van der Waals surface area contributed by atoms with Gasteiger partial charge in [-0.2, -0.15) is 0 Å². The zero-order chi connectivity index (χ0) is 14.2. The average molecular weight is 281 g/mol. The topological polar surface area (TPSA) is 30.5 Å². The van der Waals surface area contributed by atoms with Crippen molar-refractivity contribution < 1.29 is 13.9 Å². The van der Waals surface area contributed by atoms with Gasteiger partial charge in [0, 0.05) is 24.8 Å². The number of ether oxygens (including phenoxy) is 2. The van der Waals surface area contributed by atoms with E-state index in [0.717, 1.165) is 13.0 Å². The molecule has 1 saturated carbocycles. The van der Waals surface area contributed by atoms with Crippen LogP contribution in [0.5, 0.6) is 0 Å². The van der Waals surface area contributed by atoms with E-state index in [9.17, 15) is 4.39 Å². The van der Waals surface area contributed by atoms with Gasteiger partial charge in [0.25, 0.3) is 0 Å². The zero-order valence-electron chi connectivity index (χ0n) is 12.1. The highest BCUT2D eigenvalue weighted by Crippen LogP contribution is 2.23. The van der Waals surface area contributed by atoms with E-state index >= 15 is 0 Å². The van der Waals surface area contributed by atoms with Crippen LogP contribution in [0.25, 0.3) is 0 Å². The van der Waals surface area contributed by atoms with E-state index in [4.69, 9.17) is 9.47 Å². The summed E-state index contributed by atoms with van der Waals surface area (Å²) in [7, 11) is 0. The summed E-state index contributed by atoms with van der Waals surface area (Å²) in [5, 5.41) is 3.40. The van der Waals surface area contributed by atoms with E-state index in [1.54, 1.807) is 12.1 Å². The number of benzene rings is 1. The van der Waals surface area contributed by atoms with Crippen molar-refractivity contribution >= 4 is 0 Å². The molecule has 1 fully saturated rings. The van der Waals surface area contributed by atoms with E-state index < -0.39 is 0 Å². The third-order valence-electron chi connectivity index (χ3n) is 3.32. The van der Waals surface area contributed by atoms with Gasteiger partial charge in [-0.1, -0.05) is 25.1 Å². The van der Waals surface area contributed by atoms with Gasteiger partial charge in [-0.05, 0) is 25.3 Å². The van der Waals surface area contributed by atoms with Gasteiger partial charge in [-0.25, -0.2) is 4.39 Å². The lowest BCUT2D eigenvalue weighted by Gasteiger charge is -2.19. The van der Waals surface area contributed by atoms with Crippen LogP contribution >= 0.6 is 0 Å². The Labute approximate surface area is 120 Å². The minimum absolute atomic E-state index is 0.204. The van der Waals surface area contributed by atoms with Crippen LogP contribution in [0, 0.1) is 5.82 Å². The summed E-state index contributed by atoms with van der Waals surface area (Å²) < 4.78 is 25.1. The minimum Gasteiger partial charge on any atom is -0.379 e. The summed E-state index contributed by atoms with van der Waals surface area (Å²) in [6.07, 6.45) is 3.18. The van der Waals surface area contributed by atoms with Crippen LogP contribution in [0.1, 0.15) is 37.9 Å². The first-order chi connectivity index (χ1) is 9.81. The van der Waals surface area contributed by atoms with Crippen LogP contribution < -0.4 is 5.32 Å². The molecule has 0 heterocycles. The lowest BCUT2D eigenvalue weighted by molar-refractivity contribution is 0.00276. The van der Waals surface area contributed by atoms with Gasteiger partial charge in [0.15, 0.2) is 0 Å². The van der Waals surface area contributed by atoms with Crippen LogP contribution in [0.15, 0.2) is 24.3 Å². The molecule has 1 aliphatic carbocycles. The van der Waals surface area contributed by atoms with Crippen molar-refractivity contribution in [2.75, 3.05) is 26.4 Å². The fourth-order valence-electron chi connectivity index (χ4n) is 2.05. The first kappa shape index (κ1) is 15.4. The van der Waals surface area contributed by atoms with Gasteiger partial charge in [-0.3, -0.25) is 0 Å². The quantitative estimate of drug-likeness (QED) is 0.669. The highest BCUT2D eigenvalue weighted by molar-refractivity contribution is 5.20. The smallest absolute Gasteiger partial charge is 0.129 e. The number of nitrogens with one attached hydrogen (secondary N) is 1. The second kappa shape index (κ2) is 8.35. The Morgan fingerprint density at radius 3 is 2.75 bits per heavy atom. The summed E-state index contributed by atoms with van der Waals surface area (Å²) >= 11 is 0. The Morgan fingerprint density at radius 1 is 1.25 bits per heavy atom. The summed E-state index contributed by atoms with van der Waals surface area (Å²) in [6, 6.07) is 7.41. The maximum absolute atomic E-state index is 13.9. The van der Waals surface area contributed by atoms with E-state index in [2.05, 4.69) is 12.2 Å². The lowest BCUT2D eigenvalue weighted by atomic mass is 10.1. The first-order valence-electron chi connectivity index (χ1n) is 7.48. The predicted molar refractivity (Wildman–Crippen MR) is 77.2 cm³/mol. The second-order valence-corrected chi connectivity index (χ2v) is 5.18. The first-order valence-corrected chi connectivity index (χ1v) is 7.48. The predicted octanol–water partition coefficient (Wildman–Crippen LogP) is 3.06. The molecule has 0 aliphatic heterocycles. The molecule has 0 aromatic heterocycles. The Hall–Kier alpha value is -0.970. The molecule has 0 radical (unpaired) electrons. The maximum Gasteiger partial charge on any atom is 0.129 e. The maximum atomic E-state index is 13.9. The molecule has 2 rings (SSSR count). The van der Waals surface area contributed by atoms with Gasteiger partial charge in [-0.15, -0.1) is 0 Å². The van der Waals surface area contributed by atoms with Gasteiger partial charge in [0.2, 0.25) is 0 Å². The van der Waals surface area contributed by atoms with Crippen molar-refractivity contribution in [3.05, 3.63) is 35.6 Å². The van der Waals surface area contributed by atoms with Crippen molar-refractivity contribution in [1.29, 1.82) is 0 Å². The van der Waals surface area contributed by atoms with Crippen LogP contribution in [-0.2, 0) is 9.47 Å². The van der Waals surface area contributed by atoms with Crippen molar-refractivity contribution in [1.82, 2.24) is 5.32 Å². The van der Waals surface area contributed by atoms with E-state index in [1.807, 2.05) is 6.07 Å². The van der Waals surface area contributed by atoms with Crippen LogP contribution in [0.2, 0.25) is 0 Å². The summed E-state index contributed by atoms with van der Waals surface area (Å²) in [5.41, 5.74) is 0.621. The molecule has 1 N–H and O–H groups in total. The Morgan fingerprint density at radius 2 is 2.05 bits per heavy atom. The molecule has 0 bridgehead atoms. The molecule has 4 heteroatoms. The molecule has 1 aliphatic rings. The minimum atomic E-state index is -0.248. The van der Waals surface area contributed by atoms with E-state index in [0.29, 0.717) is 31.4 Å². The highest BCUT2D eigenvalue weighted by atomic mass is 19.1. The van der Waals surface area contributed by atoms with Crippen LogP contribution in [-0.4, -0.2) is 32.4 Å². The molecule has 1 aromatic carbocycles. The van der Waals surface area contributed by atoms with Crippen LogP contribution in [0.3, 0.4) is 0 Å². The largest absolute Gasteiger partial charge is 0.379 e. The van der Waals surface area contributed by atoms with Crippen molar-refractivity contribution in [3.63, 3.8) is 0 Å². The fourth-order valence-corrected chi connectivity index (χ4v) is 2.05. The second-order valence-electron chi connectivity index (χ2n) is 5.18. The molecule has 3 nitrogen and oxygen atoms in total. The monoisotopic (exact) mass is 281 g/mol. The molecule has 0 saturated heterocycles. The Bertz CT molecular complexity index is 396. The zero-order valence-corrected chi connectivity index (χ0v) is 12.1. The lowest BCUT2D eigenvalue weighted by Crippen LogP contribution is -2.26. The highest BCUT2D eigenvalue weighted by Gasteiger charge is 2.23. The molecular formula is C16H24FNO2. The Balaban J connectivity index is 1.84. The number of halogens is 1. The molecule has 1 atom stereocenters. The third-order valence-corrected chi connectivity index (χ3v) is 3.32. The van der Waals surface area contributed by atoms with Gasteiger partial charge in [0.05, 0.1) is 19.3 Å². The fraction of sp³-hybridized carbons (Fsp3) is 0.625. The van der Waals surface area contributed by atoms with Crippen molar-refractivity contribution in [2.45, 2.75) is 38.3 Å². The summed E-state index contributed by atoms with van der Waals surface area (Å²) in [4.78, 5) is 0. The number of hydrogen-bond acceptors (Lipinski definition) is 3. The summed E-state index contributed by atoms with van der Waals surface area (Å²) in [5.74, 6) is -0.204. The van der Waals surface area contributed by atoms with Crippen molar-refractivity contribution in [3.8, 4) is 0 Å². The number of rotatable bonds is 10. The normalized spacial score (nSPS) is 16.3. The molecule has 112 valence electrons. The average Bonchev–Trinajstić information content (AvgIpc) is 3.27. The third kappa shape index (κ3) is 5.19. The molecule has 1 unspecified atom stereocenters. The molecule has 1 aromatic rings. The Kier molecular flexibility index (Phi) is 6.43. The molecular weight excluding hydrogens is 257 g/mol. The van der Waals surface area contributed by atoms with Crippen LogP contribution in [0.4, 0.5) is 4.39 Å². The van der Waals surface area contributed by atoms with Gasteiger partial charge >= 0.3 is 0 Å². The standard InChI is InChI=1S/C16H24FNO2/c1-2-9-19-10-11-20-16(12-18-13-7-8-13)14-5-3-4-6-15(14)17/h3-6,13,16,18H,2,7-12H2,1H3. The molecule has 0 amide bonds. The molecule has 0 spiro atoms. The van der Waals surface area contributed by atoms with Crippen molar-refractivity contribution in [2.24, 2.45) is 0 Å². The van der Waals surface area contributed by atoms with E-state index in [-0.39, 0.29) is 11.9 Å². The number of hydrogen-bond donors (Lipinski definition) is 1. The van der Waals surface area contributed by atoms with Gasteiger partial charge < -0.3 is 14.8 Å². The molecule has 20 heavy (non-hydrogen) atoms. The van der Waals surface area contributed by atoms with Gasteiger partial charge in [0.1, 0.15) is 5.82 Å².